The Morgan fingerprint density at radius 3 is 2.02 bits per heavy atom. The Hall–Kier alpha value is -3.30. The first-order chi connectivity index (χ1) is 24.2. The Kier molecular flexibility index (Phi) is 16.6. The number of nitrogens with one attached hydrogen (secondary N) is 1. The van der Waals surface area contributed by atoms with Gasteiger partial charge in [-0.05, 0) is 101 Å². The molecular weight excluding hydrogens is 684 g/mol. The molecule has 2 unspecified atom stereocenters. The van der Waals surface area contributed by atoms with Crippen molar-refractivity contribution in [2.24, 2.45) is 10.8 Å². The maximum absolute atomic E-state index is 11.6. The first-order valence-corrected chi connectivity index (χ1v) is 19.8. The molecule has 2 aliphatic carbocycles. The summed E-state index contributed by atoms with van der Waals surface area (Å²) in [6, 6.07) is 0. The van der Waals surface area contributed by atoms with Crippen molar-refractivity contribution < 1.29 is 45.9 Å². The van der Waals surface area contributed by atoms with Gasteiger partial charge in [-0.1, -0.05) is 20.8 Å². The van der Waals surface area contributed by atoms with Crippen LogP contribution in [-0.2, 0) is 44.5 Å². The number of hydrogen-bond acceptors (Lipinski definition) is 12. The molecule has 51 heavy (non-hydrogen) atoms. The third kappa shape index (κ3) is 15.1. The fraction of sp³-hybridized carbons (Fsp3) is 0.771. The topological polar surface area (TPSA) is 187 Å². The number of ether oxygens (including phenoxy) is 4. The van der Waals surface area contributed by atoms with Crippen LogP contribution in [0.5, 0.6) is 5.88 Å². The van der Waals surface area contributed by atoms with Crippen LogP contribution >= 0.6 is 0 Å². The van der Waals surface area contributed by atoms with Gasteiger partial charge in [0.2, 0.25) is 5.88 Å². The molecule has 0 radical (unpaired) electrons. The molecule has 15 nitrogen and oxygen atoms in total. The van der Waals surface area contributed by atoms with Crippen molar-refractivity contribution in [2.45, 2.75) is 124 Å². The number of carbonyl (C=O) groups excluding carboxylic acids is 3. The molecule has 0 amide bonds. The predicted molar refractivity (Wildman–Crippen MR) is 186 cm³/mol. The van der Waals surface area contributed by atoms with Crippen molar-refractivity contribution in [2.75, 3.05) is 39.3 Å². The van der Waals surface area contributed by atoms with Crippen molar-refractivity contribution in [1.29, 1.82) is 0 Å². The molecule has 0 bridgehead atoms. The normalized spacial score (nSPS) is 21.2. The Bertz CT molecular complexity index is 1560. The number of hydrogen-bond donors (Lipinski definition) is 1. The number of rotatable bonds is 13. The lowest BCUT2D eigenvalue weighted by atomic mass is 10.1. The van der Waals surface area contributed by atoms with Gasteiger partial charge in [0.1, 0.15) is 18.0 Å². The zero-order valence-corrected chi connectivity index (χ0v) is 31.6. The van der Waals surface area contributed by atoms with Crippen LogP contribution in [0.2, 0.25) is 0 Å². The largest absolute Gasteiger partial charge is 0.476 e. The third-order valence-electron chi connectivity index (χ3n) is 9.46. The van der Waals surface area contributed by atoms with Gasteiger partial charge in [0.25, 0.3) is 15.7 Å². The molecule has 1 N–H and O–H groups in total. The average molecular weight is 741 g/mol. The first-order valence-electron chi connectivity index (χ1n) is 18.0. The molecule has 4 fully saturated rings. The maximum atomic E-state index is 11.6. The summed E-state index contributed by atoms with van der Waals surface area (Å²) in [5.41, 5.74) is 1.71. The van der Waals surface area contributed by atoms with E-state index in [1.165, 1.54) is 50.3 Å². The quantitative estimate of drug-likeness (QED) is 0.206. The highest BCUT2D eigenvalue weighted by molar-refractivity contribution is 7.85. The van der Waals surface area contributed by atoms with E-state index in [0.29, 0.717) is 24.0 Å². The summed E-state index contributed by atoms with van der Waals surface area (Å²) in [7, 11) is -3.22. The maximum Gasteiger partial charge on any atom is 0.373 e. The van der Waals surface area contributed by atoms with Crippen molar-refractivity contribution in [3.63, 3.8) is 0 Å². The molecule has 2 saturated heterocycles. The lowest BCUT2D eigenvalue weighted by Gasteiger charge is -2.23. The van der Waals surface area contributed by atoms with Crippen molar-refractivity contribution in [3.05, 3.63) is 33.9 Å². The van der Waals surface area contributed by atoms with Crippen LogP contribution in [0.25, 0.3) is 0 Å². The number of esters is 1. The van der Waals surface area contributed by atoms with E-state index in [1.54, 1.807) is 11.6 Å². The molecule has 2 aliphatic heterocycles. The molecule has 288 valence electrons. The Morgan fingerprint density at radius 2 is 1.53 bits per heavy atom. The molecule has 4 aliphatic rings. The fourth-order valence-corrected chi connectivity index (χ4v) is 5.86. The van der Waals surface area contributed by atoms with Gasteiger partial charge in [-0.15, -0.1) is 5.10 Å². The Balaban J connectivity index is 0.000000206. The summed E-state index contributed by atoms with van der Waals surface area (Å²) >= 11 is 0. The minimum Gasteiger partial charge on any atom is -0.476 e. The molecule has 2 aromatic rings. The van der Waals surface area contributed by atoms with Crippen LogP contribution in [0, 0.1) is 10.8 Å². The van der Waals surface area contributed by atoms with Crippen LogP contribution < -0.4 is 10.3 Å². The number of nitrogens with zero attached hydrogens (tertiary/aromatic N) is 3. The second-order valence-electron chi connectivity index (χ2n) is 14.1. The fourth-order valence-electron chi connectivity index (χ4n) is 5.48. The second-order valence-corrected chi connectivity index (χ2v) is 15.8. The highest BCUT2D eigenvalue weighted by Crippen LogP contribution is 2.48. The number of aromatic nitrogens is 4. The number of carbonyl (C=O) groups is 1. The van der Waals surface area contributed by atoms with Crippen LogP contribution in [0.3, 0.4) is 0 Å². The highest BCUT2D eigenvalue weighted by Gasteiger charge is 2.37. The highest BCUT2D eigenvalue weighted by atomic mass is 32.2. The summed E-state index contributed by atoms with van der Waals surface area (Å²) in [5.74, 6) is 0.217. The number of H-pyrrole nitrogens is 1. The van der Waals surface area contributed by atoms with Crippen LogP contribution in [0.15, 0.2) is 17.2 Å². The molecule has 6 rings (SSSR count). The van der Waals surface area contributed by atoms with Gasteiger partial charge < -0.3 is 18.9 Å². The van der Waals surface area contributed by atoms with E-state index in [9.17, 15) is 18.0 Å². The van der Waals surface area contributed by atoms with E-state index >= 15 is 0 Å². The zero-order chi connectivity index (χ0) is 37.5. The molecule has 16 heteroatoms. The van der Waals surface area contributed by atoms with E-state index in [-0.39, 0.29) is 30.8 Å². The molecular formula is C35H56N4O11S. The standard InChI is InChI=1S/C16H26N2O2.C11H16N2O4.C7H14O3S.CO2/c1-3-13-12-18(14-6-4-5-10-19-14)17-15(13)20-11-9-16(2)7-8-16;1-2-16-11(15)8-7-13(12-10(8)14)9-5-3-4-6-17-9;1-7(3-4-7)5-6-10-11(2,8)9;2-1-3/h12,14H,3-11H2,1-2H3;7,9H,2-6H2,1H3,(H,12,14);3-6H2,1-2H3;. The zero-order valence-electron chi connectivity index (χ0n) is 30.8. The van der Waals surface area contributed by atoms with E-state index < -0.39 is 21.6 Å². The van der Waals surface area contributed by atoms with Crippen molar-refractivity contribution >= 4 is 22.2 Å². The van der Waals surface area contributed by atoms with Gasteiger partial charge in [0.05, 0.1) is 26.1 Å². The Labute approximate surface area is 300 Å². The van der Waals surface area contributed by atoms with Gasteiger partial charge in [0.15, 0.2) is 0 Å². The Morgan fingerprint density at radius 1 is 0.961 bits per heavy atom. The third-order valence-corrected chi connectivity index (χ3v) is 10.1. The molecule has 0 spiro atoms. The molecule has 2 saturated carbocycles. The molecule has 2 atom stereocenters. The predicted octanol–water partition coefficient (Wildman–Crippen LogP) is 5.34. The SMILES string of the molecule is CC1(CCOS(C)(=O)=O)CC1.CCOC(=O)c1cn(C2CCCCO2)[nH]c1=O.CCc1cn(C2CCCCO2)nc1OCCC1(C)CC1.O=C=O. The summed E-state index contributed by atoms with van der Waals surface area (Å²) in [4.78, 5) is 39.3. The number of aromatic amines is 1. The van der Waals surface area contributed by atoms with E-state index in [1.807, 2.05) is 4.68 Å². The smallest absolute Gasteiger partial charge is 0.373 e. The number of aryl methyl sites for hydroxylation is 1. The minimum atomic E-state index is -3.22. The van der Waals surface area contributed by atoms with Gasteiger partial charge in [-0.3, -0.25) is 18.8 Å². The average Bonchev–Trinajstić information content (AvgIpc) is 3.92. The molecule has 4 heterocycles. The molecule has 0 aromatic carbocycles. The summed E-state index contributed by atoms with van der Waals surface area (Å²) in [6.07, 6.45) is 19.3. The molecule has 2 aromatic heterocycles. The summed E-state index contributed by atoms with van der Waals surface area (Å²) in [6.45, 7) is 11.3. The lowest BCUT2D eigenvalue weighted by Crippen LogP contribution is -2.20. The summed E-state index contributed by atoms with van der Waals surface area (Å²) in [5, 5.41) is 7.20. The van der Waals surface area contributed by atoms with Gasteiger partial charge in [0, 0.05) is 31.2 Å². The van der Waals surface area contributed by atoms with Crippen molar-refractivity contribution in [1.82, 2.24) is 19.6 Å². The van der Waals surface area contributed by atoms with E-state index in [2.05, 4.69) is 41.3 Å². The van der Waals surface area contributed by atoms with Crippen LogP contribution in [0.4, 0.5) is 0 Å². The monoisotopic (exact) mass is 740 g/mol. The van der Waals surface area contributed by atoms with Gasteiger partial charge in [-0.2, -0.15) is 18.0 Å². The van der Waals surface area contributed by atoms with Crippen LogP contribution in [0.1, 0.15) is 133 Å². The van der Waals surface area contributed by atoms with Gasteiger partial charge >= 0.3 is 12.1 Å². The van der Waals surface area contributed by atoms with Crippen LogP contribution in [-0.4, -0.2) is 79.4 Å². The summed E-state index contributed by atoms with van der Waals surface area (Å²) < 4.78 is 51.2. The van der Waals surface area contributed by atoms with Gasteiger partial charge in [-0.25, -0.2) is 9.48 Å². The lowest BCUT2D eigenvalue weighted by molar-refractivity contribution is -0.191. The van der Waals surface area contributed by atoms with E-state index in [4.69, 9.17) is 28.5 Å². The van der Waals surface area contributed by atoms with E-state index in [0.717, 1.165) is 70.3 Å². The second kappa shape index (κ2) is 20.1. The van der Waals surface area contributed by atoms with Crippen molar-refractivity contribution in [3.8, 4) is 5.88 Å². The first kappa shape index (κ1) is 42.1. The minimum absolute atomic E-state index is 0.0287.